The summed E-state index contributed by atoms with van der Waals surface area (Å²) in [5.74, 6) is 0.658. The van der Waals surface area contributed by atoms with Gasteiger partial charge in [0.25, 0.3) is 0 Å². The van der Waals surface area contributed by atoms with E-state index in [9.17, 15) is 9.59 Å². The second-order valence-corrected chi connectivity index (χ2v) is 11.4. The fourth-order valence-corrected chi connectivity index (χ4v) is 5.05. The minimum absolute atomic E-state index is 0.0174. The number of thioether (sulfide) groups is 1. The van der Waals surface area contributed by atoms with E-state index in [1.54, 1.807) is 16.7 Å². The van der Waals surface area contributed by atoms with Crippen molar-refractivity contribution in [2.45, 2.75) is 56.6 Å². The van der Waals surface area contributed by atoms with Gasteiger partial charge in [0, 0.05) is 39.8 Å². The van der Waals surface area contributed by atoms with Crippen LogP contribution in [-0.4, -0.2) is 34.6 Å². The van der Waals surface area contributed by atoms with E-state index < -0.39 is 6.04 Å². The lowest BCUT2D eigenvalue weighted by Crippen LogP contribution is -2.51. The summed E-state index contributed by atoms with van der Waals surface area (Å²) in [5.41, 5.74) is 2.01. The molecule has 0 fully saturated rings. The quantitative estimate of drug-likeness (QED) is 0.181. The number of carbonyl (C=O) groups is 2. The van der Waals surface area contributed by atoms with Gasteiger partial charge in [0.1, 0.15) is 6.04 Å². The van der Waals surface area contributed by atoms with Crippen LogP contribution in [0.4, 0.5) is 0 Å². The largest absolute Gasteiger partial charge is 0.352 e. The fraction of sp³-hybridized carbons (Fsp3) is 0.310. The SMILES string of the molecule is CC(C)NC(=O)[C@H](Cc1ccccc1)N(Cc1ccc(Br)cc1)C(=O)CCCSc1ccc(Cl)cc1. The minimum Gasteiger partial charge on any atom is -0.352 e. The van der Waals surface area contributed by atoms with Crippen LogP contribution in [0.3, 0.4) is 0 Å². The molecule has 0 bridgehead atoms. The molecule has 0 saturated carbocycles. The van der Waals surface area contributed by atoms with Gasteiger partial charge in [-0.15, -0.1) is 11.8 Å². The van der Waals surface area contributed by atoms with Crippen LogP contribution in [0.2, 0.25) is 5.02 Å². The maximum Gasteiger partial charge on any atom is 0.243 e. The molecule has 1 atom stereocenters. The van der Waals surface area contributed by atoms with E-state index in [1.807, 2.05) is 92.7 Å². The van der Waals surface area contributed by atoms with Crippen molar-refractivity contribution >= 4 is 51.1 Å². The van der Waals surface area contributed by atoms with Gasteiger partial charge in [-0.3, -0.25) is 9.59 Å². The summed E-state index contributed by atoms with van der Waals surface area (Å²) in [6.07, 6.45) is 1.55. The van der Waals surface area contributed by atoms with Crippen molar-refractivity contribution in [1.29, 1.82) is 0 Å². The predicted molar refractivity (Wildman–Crippen MR) is 153 cm³/mol. The molecule has 36 heavy (non-hydrogen) atoms. The van der Waals surface area contributed by atoms with Crippen molar-refractivity contribution in [2.75, 3.05) is 5.75 Å². The highest BCUT2D eigenvalue weighted by Gasteiger charge is 2.30. The van der Waals surface area contributed by atoms with Crippen molar-refractivity contribution in [2.24, 2.45) is 0 Å². The second kappa shape index (κ2) is 14.5. The normalized spacial score (nSPS) is 11.8. The van der Waals surface area contributed by atoms with Crippen molar-refractivity contribution < 1.29 is 9.59 Å². The molecule has 0 radical (unpaired) electrons. The summed E-state index contributed by atoms with van der Waals surface area (Å²) < 4.78 is 0.974. The number of nitrogens with zero attached hydrogens (tertiary/aromatic N) is 1. The molecule has 0 aliphatic rings. The smallest absolute Gasteiger partial charge is 0.243 e. The first-order chi connectivity index (χ1) is 17.3. The van der Waals surface area contributed by atoms with Crippen LogP contribution < -0.4 is 5.32 Å². The maximum atomic E-state index is 13.6. The molecule has 0 spiro atoms. The average Bonchev–Trinajstić information content (AvgIpc) is 2.86. The average molecular weight is 588 g/mol. The second-order valence-electron chi connectivity index (χ2n) is 8.92. The monoisotopic (exact) mass is 586 g/mol. The number of nitrogens with one attached hydrogen (secondary N) is 1. The van der Waals surface area contributed by atoms with Gasteiger partial charge in [0.15, 0.2) is 0 Å². The van der Waals surface area contributed by atoms with Crippen LogP contribution in [0.5, 0.6) is 0 Å². The molecule has 0 aliphatic carbocycles. The zero-order chi connectivity index (χ0) is 25.9. The number of halogens is 2. The number of hydrogen-bond acceptors (Lipinski definition) is 3. The Morgan fingerprint density at radius 1 is 0.944 bits per heavy atom. The van der Waals surface area contributed by atoms with Crippen LogP contribution in [0.1, 0.15) is 37.8 Å². The maximum absolute atomic E-state index is 13.6. The van der Waals surface area contributed by atoms with E-state index in [0.29, 0.717) is 30.8 Å². The number of hydrogen-bond donors (Lipinski definition) is 1. The van der Waals surface area contributed by atoms with Gasteiger partial charge in [0.2, 0.25) is 11.8 Å². The van der Waals surface area contributed by atoms with Gasteiger partial charge in [-0.1, -0.05) is 70.0 Å². The number of amides is 2. The lowest BCUT2D eigenvalue weighted by atomic mass is 10.0. The number of benzene rings is 3. The molecule has 3 aromatic rings. The molecular formula is C29H32BrClN2O2S. The van der Waals surface area contributed by atoms with Gasteiger partial charge in [-0.2, -0.15) is 0 Å². The summed E-state index contributed by atoms with van der Waals surface area (Å²) in [6, 6.07) is 24.9. The fourth-order valence-electron chi connectivity index (χ4n) is 3.81. The molecule has 190 valence electrons. The van der Waals surface area contributed by atoms with Gasteiger partial charge in [-0.05, 0) is 73.5 Å². The first-order valence-corrected chi connectivity index (χ1v) is 14.2. The molecule has 0 aliphatic heterocycles. The zero-order valence-electron chi connectivity index (χ0n) is 20.6. The van der Waals surface area contributed by atoms with Gasteiger partial charge in [0.05, 0.1) is 0 Å². The van der Waals surface area contributed by atoms with E-state index in [4.69, 9.17) is 11.6 Å². The van der Waals surface area contributed by atoms with Crippen LogP contribution in [0.25, 0.3) is 0 Å². The Labute approximate surface area is 231 Å². The zero-order valence-corrected chi connectivity index (χ0v) is 23.8. The highest BCUT2D eigenvalue weighted by atomic mass is 79.9. The molecule has 0 unspecified atom stereocenters. The Balaban J connectivity index is 1.77. The Morgan fingerprint density at radius 3 is 2.25 bits per heavy atom. The van der Waals surface area contributed by atoms with E-state index in [1.165, 1.54) is 0 Å². The molecule has 0 saturated heterocycles. The lowest BCUT2D eigenvalue weighted by molar-refractivity contribution is -0.141. The molecule has 0 aromatic heterocycles. The van der Waals surface area contributed by atoms with E-state index in [2.05, 4.69) is 21.2 Å². The Kier molecular flexibility index (Phi) is 11.4. The van der Waals surface area contributed by atoms with E-state index in [-0.39, 0.29) is 17.9 Å². The van der Waals surface area contributed by atoms with Gasteiger partial charge in [-0.25, -0.2) is 0 Å². The van der Waals surface area contributed by atoms with Crippen LogP contribution in [0, 0.1) is 0 Å². The third-order valence-corrected chi connectivity index (χ3v) is 7.46. The molecule has 2 amide bonds. The standard InChI is InChI=1S/C29H32BrClN2O2S/c1-21(2)32-29(35)27(19-22-7-4-3-5-8-22)33(20-23-10-12-24(30)13-11-23)28(34)9-6-18-36-26-16-14-25(31)15-17-26/h3-5,7-8,10-17,21,27H,6,9,18-20H2,1-2H3,(H,32,35)/t27-/m0/s1. The molecular weight excluding hydrogens is 556 g/mol. The Morgan fingerprint density at radius 2 is 1.61 bits per heavy atom. The molecule has 4 nitrogen and oxygen atoms in total. The Hall–Kier alpha value is -2.28. The van der Waals surface area contributed by atoms with Crippen molar-refractivity contribution in [1.82, 2.24) is 10.2 Å². The molecule has 3 aromatic carbocycles. The third-order valence-electron chi connectivity index (χ3n) is 5.59. The van der Waals surface area contributed by atoms with Gasteiger partial charge < -0.3 is 10.2 Å². The summed E-state index contributed by atoms with van der Waals surface area (Å²) >= 11 is 11.1. The number of carbonyl (C=O) groups excluding carboxylic acids is 2. The predicted octanol–water partition coefficient (Wildman–Crippen LogP) is 7.14. The highest BCUT2D eigenvalue weighted by Crippen LogP contribution is 2.23. The summed E-state index contributed by atoms with van der Waals surface area (Å²) in [7, 11) is 0. The van der Waals surface area contributed by atoms with E-state index >= 15 is 0 Å². The summed E-state index contributed by atoms with van der Waals surface area (Å²) in [6.45, 7) is 4.25. The minimum atomic E-state index is -0.602. The summed E-state index contributed by atoms with van der Waals surface area (Å²) in [5, 5.41) is 3.74. The van der Waals surface area contributed by atoms with Crippen molar-refractivity contribution in [3.05, 3.63) is 99.5 Å². The van der Waals surface area contributed by atoms with Crippen molar-refractivity contribution in [3.8, 4) is 0 Å². The van der Waals surface area contributed by atoms with Crippen LogP contribution >= 0.6 is 39.3 Å². The van der Waals surface area contributed by atoms with Crippen LogP contribution in [0.15, 0.2) is 88.2 Å². The molecule has 1 N–H and O–H groups in total. The van der Waals surface area contributed by atoms with Crippen molar-refractivity contribution in [3.63, 3.8) is 0 Å². The molecule has 3 rings (SSSR count). The summed E-state index contributed by atoms with van der Waals surface area (Å²) in [4.78, 5) is 29.8. The third kappa shape index (κ3) is 9.30. The highest BCUT2D eigenvalue weighted by molar-refractivity contribution is 9.10. The van der Waals surface area contributed by atoms with E-state index in [0.717, 1.165) is 26.2 Å². The Bertz CT molecular complexity index is 1110. The topological polar surface area (TPSA) is 49.4 Å². The molecule has 0 heterocycles. The van der Waals surface area contributed by atoms with Gasteiger partial charge >= 0.3 is 0 Å². The number of rotatable bonds is 12. The lowest BCUT2D eigenvalue weighted by Gasteiger charge is -2.32. The molecule has 7 heteroatoms. The first-order valence-electron chi connectivity index (χ1n) is 12.1. The first kappa shape index (κ1) is 28.3. The van der Waals surface area contributed by atoms with Crippen LogP contribution in [-0.2, 0) is 22.6 Å².